The van der Waals surface area contributed by atoms with E-state index in [1.54, 1.807) is 11.3 Å². The lowest BCUT2D eigenvalue weighted by atomic mass is 10.2. The first kappa shape index (κ1) is 15.0. The van der Waals surface area contributed by atoms with Crippen LogP contribution in [0, 0.1) is 13.8 Å². The third-order valence-corrected chi connectivity index (χ3v) is 4.66. The molecule has 0 amide bonds. The Morgan fingerprint density at radius 2 is 2.23 bits per heavy atom. The lowest BCUT2D eigenvalue weighted by molar-refractivity contribution is 0.514. The Hall–Kier alpha value is -1.92. The van der Waals surface area contributed by atoms with Gasteiger partial charge in [0.05, 0.1) is 12.2 Å². The minimum atomic E-state index is 0.264. The number of furan rings is 1. The van der Waals surface area contributed by atoms with E-state index >= 15 is 0 Å². The van der Waals surface area contributed by atoms with Crippen molar-refractivity contribution in [3.05, 3.63) is 45.7 Å². The van der Waals surface area contributed by atoms with Gasteiger partial charge in [0.1, 0.15) is 16.5 Å². The Bertz CT molecular complexity index is 743. The molecule has 3 aromatic heterocycles. The first-order valence-electron chi connectivity index (χ1n) is 7.41. The van der Waals surface area contributed by atoms with Crippen molar-refractivity contribution in [2.24, 2.45) is 0 Å². The fourth-order valence-electron chi connectivity index (χ4n) is 2.40. The molecular weight excluding hydrogens is 296 g/mol. The van der Waals surface area contributed by atoms with Gasteiger partial charge in [0.2, 0.25) is 0 Å². The molecule has 22 heavy (non-hydrogen) atoms. The molecule has 0 saturated carbocycles. The second kappa shape index (κ2) is 6.46. The van der Waals surface area contributed by atoms with Gasteiger partial charge in [-0.2, -0.15) is 5.10 Å². The highest BCUT2D eigenvalue weighted by atomic mass is 32.1. The van der Waals surface area contributed by atoms with Crippen LogP contribution < -0.4 is 5.32 Å². The monoisotopic (exact) mass is 316 g/mol. The average molecular weight is 316 g/mol. The standard InChI is InChI=1S/C16H20N4OS/c1-4-13(16-19-10(2)9-22-16)17-7-12-8-18-20-15(12)14-6-5-11(3)21-14/h5-6,8-9,13,17H,4,7H2,1-3H3,(H,18,20). The van der Waals surface area contributed by atoms with Crippen LogP contribution in [0.15, 0.2) is 28.1 Å². The average Bonchev–Trinajstić information content (AvgIpc) is 3.21. The van der Waals surface area contributed by atoms with Crippen molar-refractivity contribution in [2.75, 3.05) is 0 Å². The molecule has 0 fully saturated rings. The molecule has 0 saturated heterocycles. The molecule has 3 aromatic rings. The summed E-state index contributed by atoms with van der Waals surface area (Å²) in [5.41, 5.74) is 3.11. The van der Waals surface area contributed by atoms with Gasteiger partial charge < -0.3 is 9.73 Å². The molecule has 0 aliphatic heterocycles. The van der Waals surface area contributed by atoms with Crippen molar-refractivity contribution in [3.63, 3.8) is 0 Å². The van der Waals surface area contributed by atoms with Crippen molar-refractivity contribution in [2.45, 2.75) is 39.8 Å². The van der Waals surface area contributed by atoms with Gasteiger partial charge in [-0.25, -0.2) is 4.98 Å². The van der Waals surface area contributed by atoms with Crippen LogP contribution in [0.2, 0.25) is 0 Å². The van der Waals surface area contributed by atoms with Crippen LogP contribution >= 0.6 is 11.3 Å². The summed E-state index contributed by atoms with van der Waals surface area (Å²) in [6.45, 7) is 6.86. The van der Waals surface area contributed by atoms with E-state index < -0.39 is 0 Å². The van der Waals surface area contributed by atoms with Crippen molar-refractivity contribution in [3.8, 4) is 11.5 Å². The predicted octanol–water partition coefficient (Wildman–Crippen LogP) is 3.98. The zero-order chi connectivity index (χ0) is 15.5. The number of nitrogens with zero attached hydrogens (tertiary/aromatic N) is 2. The molecule has 5 nitrogen and oxygen atoms in total. The topological polar surface area (TPSA) is 66.7 Å². The summed E-state index contributed by atoms with van der Waals surface area (Å²) in [4.78, 5) is 4.58. The van der Waals surface area contributed by atoms with Gasteiger partial charge in [0.15, 0.2) is 5.76 Å². The molecule has 3 rings (SSSR count). The van der Waals surface area contributed by atoms with E-state index in [-0.39, 0.29) is 6.04 Å². The van der Waals surface area contributed by atoms with Crippen LogP contribution in [0.3, 0.4) is 0 Å². The third-order valence-electron chi connectivity index (χ3n) is 3.59. The number of thiazole rings is 1. The molecule has 0 spiro atoms. The van der Waals surface area contributed by atoms with E-state index in [0.717, 1.165) is 46.4 Å². The molecule has 0 aromatic carbocycles. The number of rotatable bonds is 6. The highest BCUT2D eigenvalue weighted by Gasteiger charge is 2.15. The van der Waals surface area contributed by atoms with Crippen LogP contribution in [0.4, 0.5) is 0 Å². The maximum absolute atomic E-state index is 5.68. The Kier molecular flexibility index (Phi) is 4.40. The Labute approximate surface area is 133 Å². The van der Waals surface area contributed by atoms with Gasteiger partial charge in [0, 0.05) is 23.2 Å². The minimum absolute atomic E-state index is 0.264. The van der Waals surface area contributed by atoms with Crippen molar-refractivity contribution in [1.29, 1.82) is 0 Å². The van der Waals surface area contributed by atoms with Crippen molar-refractivity contribution < 1.29 is 4.42 Å². The molecule has 0 aliphatic rings. The van der Waals surface area contributed by atoms with Gasteiger partial charge in [-0.05, 0) is 32.4 Å². The summed E-state index contributed by atoms with van der Waals surface area (Å²) in [5, 5.41) is 14.0. The highest BCUT2D eigenvalue weighted by molar-refractivity contribution is 7.09. The lowest BCUT2D eigenvalue weighted by Crippen LogP contribution is -2.20. The van der Waals surface area contributed by atoms with Crippen molar-refractivity contribution >= 4 is 11.3 Å². The van der Waals surface area contributed by atoms with Gasteiger partial charge in [-0.1, -0.05) is 6.92 Å². The number of hydrogen-bond donors (Lipinski definition) is 2. The molecular formula is C16H20N4OS. The molecule has 0 radical (unpaired) electrons. The molecule has 0 bridgehead atoms. The molecule has 1 atom stereocenters. The number of hydrogen-bond acceptors (Lipinski definition) is 5. The summed E-state index contributed by atoms with van der Waals surface area (Å²) in [7, 11) is 0. The summed E-state index contributed by atoms with van der Waals surface area (Å²) in [5.74, 6) is 1.72. The maximum Gasteiger partial charge on any atom is 0.152 e. The van der Waals surface area contributed by atoms with Crippen LogP contribution in [0.5, 0.6) is 0 Å². The summed E-state index contributed by atoms with van der Waals surface area (Å²) in [6.07, 6.45) is 2.85. The predicted molar refractivity (Wildman–Crippen MR) is 87.7 cm³/mol. The number of aromatic nitrogens is 3. The number of nitrogens with one attached hydrogen (secondary N) is 2. The smallest absolute Gasteiger partial charge is 0.152 e. The van der Waals surface area contributed by atoms with Crippen molar-refractivity contribution in [1.82, 2.24) is 20.5 Å². The zero-order valence-corrected chi connectivity index (χ0v) is 13.8. The number of H-pyrrole nitrogens is 1. The SMILES string of the molecule is CCC(NCc1cn[nH]c1-c1ccc(C)o1)c1nc(C)cs1. The van der Waals surface area contributed by atoms with Crippen LogP contribution in [0.1, 0.15) is 41.4 Å². The summed E-state index contributed by atoms with van der Waals surface area (Å²) < 4.78 is 5.68. The van der Waals surface area contributed by atoms with Gasteiger partial charge in [0.25, 0.3) is 0 Å². The van der Waals surface area contributed by atoms with E-state index in [1.807, 2.05) is 32.2 Å². The van der Waals surface area contributed by atoms with E-state index in [2.05, 4.69) is 32.8 Å². The lowest BCUT2D eigenvalue weighted by Gasteiger charge is -2.14. The normalized spacial score (nSPS) is 12.7. The maximum atomic E-state index is 5.68. The van der Waals surface area contributed by atoms with Gasteiger partial charge in [-0.3, -0.25) is 5.10 Å². The molecule has 116 valence electrons. The highest BCUT2D eigenvalue weighted by Crippen LogP contribution is 2.25. The molecule has 0 aliphatic carbocycles. The fourth-order valence-corrected chi connectivity index (χ4v) is 3.35. The van der Waals surface area contributed by atoms with Crippen LogP contribution in [-0.2, 0) is 6.54 Å². The second-order valence-electron chi connectivity index (χ2n) is 5.35. The van der Waals surface area contributed by atoms with E-state index in [1.165, 1.54) is 0 Å². The second-order valence-corrected chi connectivity index (χ2v) is 6.24. The number of aryl methyl sites for hydroxylation is 2. The molecule has 1 unspecified atom stereocenters. The zero-order valence-electron chi connectivity index (χ0n) is 13.0. The summed E-state index contributed by atoms with van der Waals surface area (Å²) in [6, 6.07) is 4.19. The quantitative estimate of drug-likeness (QED) is 0.722. The van der Waals surface area contributed by atoms with E-state index in [4.69, 9.17) is 4.42 Å². The minimum Gasteiger partial charge on any atom is -0.460 e. The number of aromatic amines is 1. The first-order valence-corrected chi connectivity index (χ1v) is 8.29. The first-order chi connectivity index (χ1) is 10.7. The Balaban J connectivity index is 1.73. The largest absolute Gasteiger partial charge is 0.460 e. The third kappa shape index (κ3) is 3.13. The van der Waals surface area contributed by atoms with Gasteiger partial charge >= 0.3 is 0 Å². The molecule has 6 heteroatoms. The molecule has 2 N–H and O–H groups in total. The van der Waals surface area contributed by atoms with E-state index in [9.17, 15) is 0 Å². The fraction of sp³-hybridized carbons (Fsp3) is 0.375. The van der Waals surface area contributed by atoms with Gasteiger partial charge in [-0.15, -0.1) is 11.3 Å². The summed E-state index contributed by atoms with van der Waals surface area (Å²) >= 11 is 1.71. The van der Waals surface area contributed by atoms with Crippen LogP contribution in [0.25, 0.3) is 11.5 Å². The Morgan fingerprint density at radius 3 is 2.86 bits per heavy atom. The van der Waals surface area contributed by atoms with Crippen LogP contribution in [-0.4, -0.2) is 15.2 Å². The van der Waals surface area contributed by atoms with E-state index in [0.29, 0.717) is 0 Å². The molecule has 3 heterocycles. The Morgan fingerprint density at radius 1 is 1.36 bits per heavy atom.